The molecule has 32 heavy (non-hydrogen) atoms. The van der Waals surface area contributed by atoms with Gasteiger partial charge in [0.2, 0.25) is 5.91 Å². The number of anilines is 1. The molecule has 1 aliphatic heterocycles. The summed E-state index contributed by atoms with van der Waals surface area (Å²) in [5.74, 6) is -0.943. The number of rotatable bonds is 4. The lowest BCUT2D eigenvalue weighted by Crippen LogP contribution is -2.39. The fourth-order valence-corrected chi connectivity index (χ4v) is 4.81. The van der Waals surface area contributed by atoms with E-state index in [1.807, 2.05) is 7.05 Å². The molecule has 1 fully saturated rings. The van der Waals surface area contributed by atoms with Crippen LogP contribution in [0, 0.1) is 0 Å². The van der Waals surface area contributed by atoms with Gasteiger partial charge in [-0.15, -0.1) is 0 Å². The third kappa shape index (κ3) is 3.72. The second-order valence-corrected chi connectivity index (χ2v) is 8.64. The van der Waals surface area contributed by atoms with Gasteiger partial charge in [0.1, 0.15) is 6.54 Å². The smallest absolute Gasteiger partial charge is 0.408 e. The van der Waals surface area contributed by atoms with Crippen LogP contribution in [-0.4, -0.2) is 44.2 Å². The molecule has 1 saturated heterocycles. The van der Waals surface area contributed by atoms with Crippen molar-refractivity contribution >= 4 is 28.6 Å². The number of fused-ring (bicyclic) bond motifs is 2. The van der Waals surface area contributed by atoms with Crippen molar-refractivity contribution in [3.63, 3.8) is 0 Å². The molecule has 1 aromatic carbocycles. The molecule has 0 saturated carbocycles. The summed E-state index contributed by atoms with van der Waals surface area (Å²) in [6, 6.07) is 5.01. The van der Waals surface area contributed by atoms with Crippen molar-refractivity contribution in [1.29, 1.82) is 0 Å². The number of likely N-dealkylation sites (tertiary alicyclic amines) is 1. The van der Waals surface area contributed by atoms with E-state index >= 15 is 0 Å². The molecule has 0 atom stereocenters. The van der Waals surface area contributed by atoms with Crippen LogP contribution >= 0.6 is 0 Å². The van der Waals surface area contributed by atoms with Gasteiger partial charge >= 0.3 is 5.76 Å². The molecule has 1 aliphatic carbocycles. The molecule has 0 bridgehead atoms. The van der Waals surface area contributed by atoms with E-state index in [0.717, 1.165) is 69.3 Å². The Morgan fingerprint density at radius 2 is 1.88 bits per heavy atom. The number of nitrogens with zero attached hydrogens (tertiary/aromatic N) is 4. The molecule has 0 unspecified atom stereocenters. The topological polar surface area (TPSA) is 102 Å². The van der Waals surface area contributed by atoms with Crippen molar-refractivity contribution in [3.05, 3.63) is 45.7 Å². The molecule has 168 valence electrons. The molecule has 0 spiro atoms. The predicted molar refractivity (Wildman–Crippen MR) is 119 cm³/mol. The number of oxazole rings is 1. The molecular formula is C23H27N5O4. The van der Waals surface area contributed by atoms with E-state index in [0.29, 0.717) is 22.5 Å². The largest absolute Gasteiger partial charge is 0.420 e. The van der Waals surface area contributed by atoms with Gasteiger partial charge in [-0.2, -0.15) is 5.10 Å². The molecule has 2 amide bonds. The van der Waals surface area contributed by atoms with E-state index < -0.39 is 5.76 Å². The number of hydrogen-bond acceptors (Lipinski definition) is 5. The van der Waals surface area contributed by atoms with Crippen LogP contribution in [0.5, 0.6) is 0 Å². The molecule has 0 radical (unpaired) electrons. The van der Waals surface area contributed by atoms with Crippen LogP contribution in [0.25, 0.3) is 11.1 Å². The van der Waals surface area contributed by atoms with Crippen LogP contribution in [0.2, 0.25) is 0 Å². The van der Waals surface area contributed by atoms with Crippen molar-refractivity contribution in [1.82, 2.24) is 19.2 Å². The molecule has 9 heteroatoms. The Hall–Kier alpha value is -3.36. The highest BCUT2D eigenvalue weighted by molar-refractivity contribution is 6.04. The van der Waals surface area contributed by atoms with E-state index in [9.17, 15) is 14.4 Å². The summed E-state index contributed by atoms with van der Waals surface area (Å²) in [6.45, 7) is 1.37. The zero-order valence-corrected chi connectivity index (χ0v) is 18.2. The first-order chi connectivity index (χ1) is 15.5. The molecule has 2 aliphatic rings. The summed E-state index contributed by atoms with van der Waals surface area (Å²) < 4.78 is 8.45. The van der Waals surface area contributed by atoms with E-state index in [2.05, 4.69) is 10.4 Å². The second-order valence-electron chi connectivity index (χ2n) is 8.64. The van der Waals surface area contributed by atoms with Gasteiger partial charge in [0, 0.05) is 37.1 Å². The summed E-state index contributed by atoms with van der Waals surface area (Å²) in [6.07, 6.45) is 7.05. The highest BCUT2D eigenvalue weighted by atomic mass is 16.4. The first-order valence-corrected chi connectivity index (χ1v) is 11.3. The van der Waals surface area contributed by atoms with Crippen molar-refractivity contribution in [2.45, 2.75) is 51.5 Å². The number of aromatic nitrogens is 3. The van der Waals surface area contributed by atoms with E-state index in [4.69, 9.17) is 4.42 Å². The maximum Gasteiger partial charge on any atom is 0.420 e. The van der Waals surface area contributed by atoms with Gasteiger partial charge in [-0.3, -0.25) is 18.8 Å². The minimum atomic E-state index is -0.576. The summed E-state index contributed by atoms with van der Waals surface area (Å²) in [5, 5.41) is 7.34. The standard InChI is InChI=1S/C23H27N5O4/c1-26-17-8-4-3-7-16(17)21(25-26)22(30)24-15-9-10-19-18(13-15)28(23(31)32-19)14-20(29)27-11-5-2-6-12-27/h9-10,13H,2-8,11-12,14H2,1H3,(H,24,30). The average molecular weight is 438 g/mol. The second kappa shape index (κ2) is 8.29. The Balaban J connectivity index is 1.40. The Labute approximate surface area is 185 Å². The van der Waals surface area contributed by atoms with Crippen LogP contribution in [0.3, 0.4) is 0 Å². The maximum absolute atomic E-state index is 13.0. The lowest BCUT2D eigenvalue weighted by molar-refractivity contribution is -0.132. The summed E-state index contributed by atoms with van der Waals surface area (Å²) in [5.41, 5.74) is 3.99. The highest BCUT2D eigenvalue weighted by Crippen LogP contribution is 2.25. The van der Waals surface area contributed by atoms with E-state index in [1.165, 1.54) is 4.57 Å². The number of hydrogen-bond donors (Lipinski definition) is 1. The lowest BCUT2D eigenvalue weighted by atomic mass is 9.95. The summed E-state index contributed by atoms with van der Waals surface area (Å²) >= 11 is 0. The van der Waals surface area contributed by atoms with Gasteiger partial charge in [-0.05, 0) is 63.1 Å². The molecular weight excluding hydrogens is 410 g/mol. The Bertz CT molecular complexity index is 1250. The minimum Gasteiger partial charge on any atom is -0.408 e. The molecule has 3 heterocycles. The molecule has 2 aromatic heterocycles. The number of benzene rings is 1. The third-order valence-corrected chi connectivity index (χ3v) is 6.51. The van der Waals surface area contributed by atoms with Crippen LogP contribution in [0.4, 0.5) is 5.69 Å². The van der Waals surface area contributed by atoms with Crippen molar-refractivity contribution < 1.29 is 14.0 Å². The predicted octanol–water partition coefficient (Wildman–Crippen LogP) is 2.47. The van der Waals surface area contributed by atoms with Crippen LogP contribution in [-0.2, 0) is 31.2 Å². The van der Waals surface area contributed by atoms with Gasteiger partial charge in [0.15, 0.2) is 11.3 Å². The Kier molecular flexibility index (Phi) is 5.32. The first kappa shape index (κ1) is 20.5. The normalized spacial score (nSPS) is 16.2. The third-order valence-electron chi connectivity index (χ3n) is 6.51. The van der Waals surface area contributed by atoms with Crippen molar-refractivity contribution in [2.75, 3.05) is 18.4 Å². The Morgan fingerprint density at radius 3 is 2.69 bits per heavy atom. The van der Waals surface area contributed by atoms with Crippen molar-refractivity contribution in [2.24, 2.45) is 7.05 Å². The van der Waals surface area contributed by atoms with Crippen LogP contribution in [0.1, 0.15) is 53.8 Å². The molecule has 5 rings (SSSR count). The first-order valence-electron chi connectivity index (χ1n) is 11.3. The number of amides is 2. The Morgan fingerprint density at radius 1 is 1.09 bits per heavy atom. The van der Waals surface area contributed by atoms with E-state index in [1.54, 1.807) is 27.8 Å². The van der Waals surface area contributed by atoms with Gasteiger partial charge in [-0.25, -0.2) is 4.79 Å². The number of carbonyl (C=O) groups excluding carboxylic acids is 2. The quantitative estimate of drug-likeness (QED) is 0.676. The van der Waals surface area contributed by atoms with Crippen LogP contribution in [0.15, 0.2) is 27.4 Å². The fourth-order valence-electron chi connectivity index (χ4n) is 4.81. The molecule has 1 N–H and O–H groups in total. The SMILES string of the molecule is Cn1nc(C(=O)Nc2ccc3oc(=O)n(CC(=O)N4CCCCC4)c3c2)c2c1CCCC2. The minimum absolute atomic E-state index is 0.0724. The highest BCUT2D eigenvalue weighted by Gasteiger charge is 2.24. The maximum atomic E-state index is 13.0. The molecule has 9 nitrogen and oxygen atoms in total. The fraction of sp³-hybridized carbons (Fsp3) is 0.478. The zero-order valence-electron chi connectivity index (χ0n) is 18.2. The van der Waals surface area contributed by atoms with E-state index in [-0.39, 0.29) is 18.4 Å². The van der Waals surface area contributed by atoms with Gasteiger partial charge < -0.3 is 14.6 Å². The van der Waals surface area contributed by atoms with Gasteiger partial charge in [0.05, 0.1) is 5.52 Å². The van der Waals surface area contributed by atoms with Crippen molar-refractivity contribution in [3.8, 4) is 0 Å². The van der Waals surface area contributed by atoms with Gasteiger partial charge in [-0.1, -0.05) is 0 Å². The summed E-state index contributed by atoms with van der Waals surface area (Å²) in [7, 11) is 1.87. The lowest BCUT2D eigenvalue weighted by Gasteiger charge is -2.26. The average Bonchev–Trinajstić information content (AvgIpc) is 3.31. The van der Waals surface area contributed by atoms with Crippen LogP contribution < -0.4 is 11.1 Å². The number of carbonyl (C=O) groups is 2. The zero-order chi connectivity index (χ0) is 22.2. The number of aryl methyl sites for hydroxylation is 1. The number of nitrogens with one attached hydrogen (secondary N) is 1. The van der Waals surface area contributed by atoms with Gasteiger partial charge in [0.25, 0.3) is 5.91 Å². The molecule has 3 aromatic rings. The monoisotopic (exact) mass is 437 g/mol. The summed E-state index contributed by atoms with van der Waals surface area (Å²) in [4.78, 5) is 39.9. The number of piperidine rings is 1.